The maximum absolute atomic E-state index is 11.5. The van der Waals surface area contributed by atoms with Gasteiger partial charge in [0.2, 0.25) is 0 Å². The van der Waals surface area contributed by atoms with E-state index in [0.29, 0.717) is 5.56 Å². The number of carbonyl (C=O) groups excluding carboxylic acids is 1. The van der Waals surface area contributed by atoms with Crippen molar-refractivity contribution in [3.63, 3.8) is 0 Å². The van der Waals surface area contributed by atoms with Gasteiger partial charge in [0.1, 0.15) is 5.75 Å². The van der Waals surface area contributed by atoms with Crippen LogP contribution in [0.3, 0.4) is 0 Å². The number of benzene rings is 3. The van der Waals surface area contributed by atoms with Crippen LogP contribution in [0.15, 0.2) is 72.8 Å². The first-order valence-electron chi connectivity index (χ1n) is 8.84. The summed E-state index contributed by atoms with van der Waals surface area (Å²) in [6, 6.07) is 21.0. The van der Waals surface area contributed by atoms with Crippen LogP contribution in [0.1, 0.15) is 27.0 Å². The molecule has 0 unspecified atom stereocenters. The molecule has 0 saturated heterocycles. The molecule has 0 bridgehead atoms. The van der Waals surface area contributed by atoms with Crippen LogP contribution < -0.4 is 0 Å². The average molecular weight is 368 g/mol. The molecule has 0 saturated carbocycles. The molecule has 0 heterocycles. The molecule has 0 fully saturated rings. The first kappa shape index (κ1) is 19.0. The summed E-state index contributed by atoms with van der Waals surface area (Å²) < 4.78 is 4.64. The van der Waals surface area contributed by atoms with Gasteiger partial charge in [-0.3, -0.25) is 0 Å². The number of esters is 1. The van der Waals surface area contributed by atoms with Crippen LogP contribution in [0.2, 0.25) is 0 Å². The number of hydrogen-bond acceptors (Lipinski definition) is 3. The number of allylic oxidation sites excluding steroid dienone is 1. The summed E-state index contributed by atoms with van der Waals surface area (Å²) in [5.41, 5.74) is 5.30. The molecule has 28 heavy (non-hydrogen) atoms. The molecular weight excluding hydrogens is 348 g/mol. The molecule has 3 heteroatoms. The number of aromatic hydroxyl groups is 1. The quantitative estimate of drug-likeness (QED) is 0.509. The molecule has 0 atom stereocenters. The molecule has 3 nitrogen and oxygen atoms in total. The number of carbonyl (C=O) groups is 1. The number of ether oxygens (including phenoxy) is 1. The Morgan fingerprint density at radius 2 is 1.79 bits per heavy atom. The van der Waals surface area contributed by atoms with Gasteiger partial charge in [0.25, 0.3) is 0 Å². The van der Waals surface area contributed by atoms with Crippen molar-refractivity contribution in [3.05, 3.63) is 95.1 Å². The predicted octanol–water partition coefficient (Wildman–Crippen LogP) is 5.22. The molecule has 3 rings (SSSR count). The third-order valence-electron chi connectivity index (χ3n) is 4.30. The van der Waals surface area contributed by atoms with Crippen molar-refractivity contribution in [2.24, 2.45) is 0 Å². The molecule has 138 valence electrons. The smallest absolute Gasteiger partial charge is 0.337 e. The fraction of sp³-hybridized carbons (Fsp3) is 0.0800. The molecule has 0 aliphatic heterocycles. The van der Waals surface area contributed by atoms with Gasteiger partial charge in [-0.2, -0.15) is 0 Å². The van der Waals surface area contributed by atoms with E-state index in [0.717, 1.165) is 16.7 Å². The SMILES string of the molecule is COC(=O)c1ccc(C#CC=Cc2ccccc2-c2ccc(C)cc2)c(O)c1. The minimum Gasteiger partial charge on any atom is -0.507 e. The van der Waals surface area contributed by atoms with Crippen LogP contribution in [0, 0.1) is 18.8 Å². The second-order valence-electron chi connectivity index (χ2n) is 6.28. The van der Waals surface area contributed by atoms with Crippen molar-refractivity contribution < 1.29 is 14.6 Å². The summed E-state index contributed by atoms with van der Waals surface area (Å²) in [6.07, 6.45) is 3.70. The van der Waals surface area contributed by atoms with Crippen molar-refractivity contribution in [3.8, 4) is 28.7 Å². The molecule has 0 aliphatic carbocycles. The Balaban J connectivity index is 1.82. The van der Waals surface area contributed by atoms with E-state index in [1.807, 2.05) is 24.3 Å². The molecule has 3 aromatic carbocycles. The maximum atomic E-state index is 11.5. The molecule has 3 aromatic rings. The van der Waals surface area contributed by atoms with E-state index in [2.05, 4.69) is 53.8 Å². The van der Waals surface area contributed by atoms with Crippen LogP contribution in [0.25, 0.3) is 17.2 Å². The zero-order valence-electron chi connectivity index (χ0n) is 15.8. The molecule has 0 aromatic heterocycles. The minimum absolute atomic E-state index is 0.0520. The highest BCUT2D eigenvalue weighted by molar-refractivity contribution is 5.90. The lowest BCUT2D eigenvalue weighted by Crippen LogP contribution is -2.00. The van der Waals surface area contributed by atoms with E-state index in [1.54, 1.807) is 18.2 Å². The standard InChI is InChI=1S/C25H20O3/c1-18-11-13-20(14-12-18)23-10-6-5-8-19(23)7-3-4-9-21-15-16-22(17-24(21)26)25(27)28-2/h3,5-8,10-17,26H,1-2H3. The zero-order valence-corrected chi connectivity index (χ0v) is 15.8. The van der Waals surface area contributed by atoms with E-state index >= 15 is 0 Å². The lowest BCUT2D eigenvalue weighted by atomic mass is 9.98. The Morgan fingerprint density at radius 3 is 2.50 bits per heavy atom. The summed E-state index contributed by atoms with van der Waals surface area (Å²) in [6.45, 7) is 2.07. The third kappa shape index (κ3) is 4.49. The van der Waals surface area contributed by atoms with Gasteiger partial charge >= 0.3 is 5.97 Å². The van der Waals surface area contributed by atoms with Gasteiger partial charge in [0.05, 0.1) is 18.2 Å². The van der Waals surface area contributed by atoms with Crippen molar-refractivity contribution in [1.82, 2.24) is 0 Å². The van der Waals surface area contributed by atoms with Crippen LogP contribution in [0.5, 0.6) is 5.75 Å². The minimum atomic E-state index is -0.498. The normalized spacial score (nSPS) is 10.4. The fourth-order valence-corrected chi connectivity index (χ4v) is 2.77. The first-order valence-corrected chi connectivity index (χ1v) is 8.84. The fourth-order valence-electron chi connectivity index (χ4n) is 2.77. The van der Waals surface area contributed by atoms with Crippen molar-refractivity contribution in [2.75, 3.05) is 7.11 Å². The lowest BCUT2D eigenvalue weighted by molar-refractivity contribution is 0.0600. The van der Waals surface area contributed by atoms with E-state index in [-0.39, 0.29) is 11.3 Å². The van der Waals surface area contributed by atoms with Gasteiger partial charge in [-0.15, -0.1) is 0 Å². The molecule has 1 N–H and O–H groups in total. The summed E-state index contributed by atoms with van der Waals surface area (Å²) in [4.78, 5) is 11.5. The van der Waals surface area contributed by atoms with Crippen LogP contribution in [-0.4, -0.2) is 18.2 Å². The first-order chi connectivity index (χ1) is 13.6. The van der Waals surface area contributed by atoms with Gasteiger partial charge in [-0.25, -0.2) is 4.79 Å². The summed E-state index contributed by atoms with van der Waals surface area (Å²) in [5, 5.41) is 10.0. The van der Waals surface area contributed by atoms with Gasteiger partial charge in [-0.1, -0.05) is 65.9 Å². The second-order valence-corrected chi connectivity index (χ2v) is 6.28. The summed E-state index contributed by atoms with van der Waals surface area (Å²) >= 11 is 0. The maximum Gasteiger partial charge on any atom is 0.337 e. The van der Waals surface area contributed by atoms with Crippen molar-refractivity contribution in [2.45, 2.75) is 6.92 Å². The Morgan fingerprint density at radius 1 is 1.04 bits per heavy atom. The van der Waals surface area contributed by atoms with E-state index < -0.39 is 5.97 Å². The molecule has 0 aliphatic rings. The Kier molecular flexibility index (Phi) is 5.94. The van der Waals surface area contributed by atoms with Crippen LogP contribution >= 0.6 is 0 Å². The molecular formula is C25H20O3. The van der Waals surface area contributed by atoms with Gasteiger partial charge in [0.15, 0.2) is 0 Å². The van der Waals surface area contributed by atoms with E-state index in [1.165, 1.54) is 18.7 Å². The molecule has 0 amide bonds. The lowest BCUT2D eigenvalue weighted by Gasteiger charge is -2.06. The van der Waals surface area contributed by atoms with Gasteiger partial charge < -0.3 is 9.84 Å². The highest BCUT2D eigenvalue weighted by Crippen LogP contribution is 2.25. The van der Waals surface area contributed by atoms with Crippen molar-refractivity contribution in [1.29, 1.82) is 0 Å². The second kappa shape index (κ2) is 8.75. The number of aryl methyl sites for hydroxylation is 1. The van der Waals surface area contributed by atoms with Crippen molar-refractivity contribution >= 4 is 12.0 Å². The zero-order chi connectivity index (χ0) is 19.9. The van der Waals surface area contributed by atoms with Crippen LogP contribution in [0.4, 0.5) is 0 Å². The number of rotatable bonds is 3. The highest BCUT2D eigenvalue weighted by atomic mass is 16.5. The topological polar surface area (TPSA) is 46.5 Å². The molecule has 0 spiro atoms. The summed E-state index contributed by atoms with van der Waals surface area (Å²) in [7, 11) is 1.30. The predicted molar refractivity (Wildman–Crippen MR) is 112 cm³/mol. The number of phenols is 1. The van der Waals surface area contributed by atoms with Gasteiger partial charge in [-0.05, 0) is 54.0 Å². The third-order valence-corrected chi connectivity index (χ3v) is 4.30. The number of phenolic OH excluding ortho intramolecular Hbond substituents is 1. The monoisotopic (exact) mass is 368 g/mol. The van der Waals surface area contributed by atoms with Gasteiger partial charge in [0, 0.05) is 0 Å². The Bertz CT molecular complexity index is 1080. The van der Waals surface area contributed by atoms with Crippen LogP contribution in [-0.2, 0) is 4.74 Å². The highest BCUT2D eigenvalue weighted by Gasteiger charge is 2.07. The number of hydrogen-bond donors (Lipinski definition) is 1. The van der Waals surface area contributed by atoms with E-state index in [9.17, 15) is 9.90 Å². The largest absolute Gasteiger partial charge is 0.507 e. The average Bonchev–Trinajstić information content (AvgIpc) is 2.72. The Labute approximate surface area is 164 Å². The summed E-state index contributed by atoms with van der Waals surface area (Å²) in [5.74, 6) is 5.28. The molecule has 0 radical (unpaired) electrons. The Hall–Kier alpha value is -3.77. The number of methoxy groups -OCH3 is 1. The van der Waals surface area contributed by atoms with E-state index in [4.69, 9.17) is 0 Å².